The maximum Gasteiger partial charge on any atom is 0.0727 e. The van der Waals surface area contributed by atoms with E-state index in [1.54, 1.807) is 0 Å². The van der Waals surface area contributed by atoms with Gasteiger partial charge >= 0.3 is 0 Å². The van der Waals surface area contributed by atoms with Crippen LogP contribution in [0.25, 0.3) is 22.3 Å². The molecule has 8 aromatic carbocycles. The summed E-state index contributed by atoms with van der Waals surface area (Å²) in [7, 11) is 0. The number of fused-ring (bicyclic) bond motifs is 10. The lowest BCUT2D eigenvalue weighted by Gasteiger charge is -2.34. The highest BCUT2D eigenvalue weighted by atomic mass is 15.1. The van der Waals surface area contributed by atoms with Gasteiger partial charge in [0.1, 0.15) is 0 Å². The van der Waals surface area contributed by atoms with Crippen LogP contribution >= 0.6 is 0 Å². The molecule has 8 aromatic rings. The number of anilines is 6. The highest BCUT2D eigenvalue weighted by Gasteiger charge is 2.52. The second-order valence-corrected chi connectivity index (χ2v) is 15.8. The van der Waals surface area contributed by atoms with E-state index in [1.807, 2.05) is 0 Å². The van der Waals surface area contributed by atoms with Crippen LogP contribution in [0.4, 0.5) is 34.1 Å². The minimum absolute atomic E-state index is 0.0200. The third kappa shape index (κ3) is 5.16. The predicted octanol–water partition coefficient (Wildman–Crippen LogP) is 14.3. The van der Waals surface area contributed by atoms with Crippen molar-refractivity contribution in [2.45, 2.75) is 31.6 Å². The Morgan fingerprint density at radius 2 is 0.655 bits per heavy atom. The third-order valence-corrected chi connectivity index (χ3v) is 11.6. The molecular weight excluding hydrogens is 665 g/mol. The van der Waals surface area contributed by atoms with Crippen molar-refractivity contribution in [3.63, 3.8) is 0 Å². The van der Waals surface area contributed by atoms with Crippen molar-refractivity contribution in [3.05, 3.63) is 228 Å². The van der Waals surface area contributed by atoms with Gasteiger partial charge in [-0.15, -0.1) is 0 Å². The smallest absolute Gasteiger partial charge is 0.0727 e. The van der Waals surface area contributed by atoms with E-state index >= 15 is 0 Å². The topological polar surface area (TPSA) is 6.48 Å². The molecule has 0 radical (unpaired) electrons. The zero-order chi connectivity index (χ0) is 37.1. The Hall–Kier alpha value is -6.64. The van der Waals surface area contributed by atoms with Crippen LogP contribution in [0.3, 0.4) is 0 Å². The molecule has 0 aliphatic heterocycles. The maximum absolute atomic E-state index is 2.52. The van der Waals surface area contributed by atoms with Crippen molar-refractivity contribution in [1.82, 2.24) is 0 Å². The highest BCUT2D eigenvalue weighted by molar-refractivity contribution is 5.97. The molecule has 1 spiro atoms. The molecule has 0 fully saturated rings. The van der Waals surface area contributed by atoms with Gasteiger partial charge in [0.2, 0.25) is 0 Å². The molecule has 1 atom stereocenters. The van der Waals surface area contributed by atoms with E-state index in [4.69, 9.17) is 0 Å². The zero-order valence-corrected chi connectivity index (χ0v) is 31.4. The molecule has 55 heavy (non-hydrogen) atoms. The fourth-order valence-electron chi connectivity index (χ4n) is 9.11. The van der Waals surface area contributed by atoms with Crippen LogP contribution < -0.4 is 9.80 Å². The van der Waals surface area contributed by atoms with Crippen LogP contribution in [0, 0.1) is 0 Å². The van der Waals surface area contributed by atoms with Crippen LogP contribution in [0.2, 0.25) is 0 Å². The molecule has 0 amide bonds. The molecule has 2 aliphatic carbocycles. The minimum Gasteiger partial charge on any atom is -0.310 e. The summed E-state index contributed by atoms with van der Waals surface area (Å²) in [6.07, 6.45) is 0. The summed E-state index contributed by atoms with van der Waals surface area (Å²) in [5.41, 5.74) is 18.1. The van der Waals surface area contributed by atoms with Crippen molar-refractivity contribution in [2.24, 2.45) is 0 Å². The van der Waals surface area contributed by atoms with Crippen LogP contribution in [0.5, 0.6) is 0 Å². The summed E-state index contributed by atoms with van der Waals surface area (Å²) in [5.74, 6) is 0. The average molecular weight is 707 g/mol. The van der Waals surface area contributed by atoms with Gasteiger partial charge in [-0.1, -0.05) is 148 Å². The number of hydrogen-bond donors (Lipinski definition) is 0. The van der Waals surface area contributed by atoms with Crippen molar-refractivity contribution >= 4 is 34.1 Å². The van der Waals surface area contributed by atoms with Crippen molar-refractivity contribution in [1.29, 1.82) is 0 Å². The summed E-state index contributed by atoms with van der Waals surface area (Å²) >= 11 is 0. The van der Waals surface area contributed by atoms with E-state index in [-0.39, 0.29) is 5.41 Å². The van der Waals surface area contributed by atoms with E-state index in [0.717, 1.165) is 34.1 Å². The lowest BCUT2D eigenvalue weighted by atomic mass is 9.69. The summed E-state index contributed by atoms with van der Waals surface area (Å²) in [5, 5.41) is 0. The molecule has 264 valence electrons. The summed E-state index contributed by atoms with van der Waals surface area (Å²) in [4.78, 5) is 4.78. The van der Waals surface area contributed by atoms with Gasteiger partial charge in [-0.3, -0.25) is 0 Å². The van der Waals surface area contributed by atoms with Crippen LogP contribution in [-0.4, -0.2) is 0 Å². The first kappa shape index (κ1) is 33.0. The van der Waals surface area contributed by atoms with E-state index in [0.29, 0.717) is 0 Å². The normalized spacial score (nSPS) is 14.9. The molecule has 0 saturated heterocycles. The second-order valence-electron chi connectivity index (χ2n) is 15.8. The highest BCUT2D eigenvalue weighted by Crippen LogP contribution is 2.64. The fraction of sp³-hybridized carbons (Fsp3) is 0.0943. The van der Waals surface area contributed by atoms with E-state index in [1.165, 1.54) is 50.1 Å². The van der Waals surface area contributed by atoms with Crippen LogP contribution in [0.1, 0.15) is 48.6 Å². The first-order valence-electron chi connectivity index (χ1n) is 19.3. The molecule has 0 heterocycles. The average Bonchev–Trinajstić information content (AvgIpc) is 3.69. The number of benzene rings is 8. The fourth-order valence-corrected chi connectivity index (χ4v) is 9.11. The Balaban J connectivity index is 1.29. The Morgan fingerprint density at radius 1 is 0.309 bits per heavy atom. The number of nitrogens with zero attached hydrogens (tertiary/aromatic N) is 2. The lowest BCUT2D eigenvalue weighted by Crippen LogP contribution is -2.27. The Kier molecular flexibility index (Phi) is 7.64. The van der Waals surface area contributed by atoms with Crippen molar-refractivity contribution < 1.29 is 0 Å². The van der Waals surface area contributed by atoms with Gasteiger partial charge in [0.25, 0.3) is 0 Å². The van der Waals surface area contributed by atoms with Crippen LogP contribution in [-0.2, 0) is 10.8 Å². The zero-order valence-electron chi connectivity index (χ0n) is 31.4. The first-order valence-corrected chi connectivity index (χ1v) is 19.3. The Labute approximate surface area is 324 Å². The largest absolute Gasteiger partial charge is 0.310 e. The number of para-hydroxylation sites is 4. The Bertz CT molecular complexity index is 2500. The third-order valence-electron chi connectivity index (χ3n) is 11.6. The van der Waals surface area contributed by atoms with Crippen molar-refractivity contribution in [2.75, 3.05) is 9.80 Å². The summed E-state index contributed by atoms with van der Waals surface area (Å²) < 4.78 is 0. The van der Waals surface area contributed by atoms with E-state index in [2.05, 4.69) is 231 Å². The summed E-state index contributed by atoms with van der Waals surface area (Å²) in [6.45, 7) is 6.97. The monoisotopic (exact) mass is 706 g/mol. The van der Waals surface area contributed by atoms with Gasteiger partial charge in [-0.25, -0.2) is 0 Å². The van der Waals surface area contributed by atoms with Gasteiger partial charge in [0.05, 0.1) is 5.41 Å². The minimum atomic E-state index is -0.540. The molecule has 2 nitrogen and oxygen atoms in total. The molecular formula is C53H42N2. The van der Waals surface area contributed by atoms with Crippen molar-refractivity contribution in [3.8, 4) is 22.3 Å². The van der Waals surface area contributed by atoms with Gasteiger partial charge in [0, 0.05) is 34.1 Å². The molecule has 0 bridgehead atoms. The Morgan fingerprint density at radius 3 is 1.07 bits per heavy atom. The SMILES string of the molecule is CC(C)(C)c1ccc2c(c1)C1(c3ccccc3-c3ccc(N(c4ccccc4)c4ccccc4)cc31)c1cc(N(c3ccccc3)c3ccccc3)ccc1-2. The molecule has 1 unspecified atom stereocenters. The van der Waals surface area contributed by atoms with Gasteiger partial charge in [0.15, 0.2) is 0 Å². The summed E-state index contributed by atoms with van der Waals surface area (Å²) in [6, 6.07) is 73.7. The molecule has 10 rings (SSSR count). The number of rotatable bonds is 6. The van der Waals surface area contributed by atoms with Gasteiger partial charge in [-0.2, -0.15) is 0 Å². The maximum atomic E-state index is 2.52. The van der Waals surface area contributed by atoms with Gasteiger partial charge in [-0.05, 0) is 128 Å². The standard InChI is InChI=1S/C53H42N2/c1-52(2,3)37-28-31-45-47-33-30-43(55(40-22-12-6-13-23-40)41-24-14-7-15-25-41)36-51(47)53(49(45)34-37)48-27-17-16-26-44(48)46-32-29-42(35-50(46)53)54(38-18-8-4-9-19-38)39-20-10-5-11-21-39/h4-36H,1-3H3. The number of hydrogen-bond acceptors (Lipinski definition) is 2. The quantitative estimate of drug-likeness (QED) is 0.170. The molecule has 0 N–H and O–H groups in total. The van der Waals surface area contributed by atoms with Crippen LogP contribution in [0.15, 0.2) is 200 Å². The van der Waals surface area contributed by atoms with E-state index < -0.39 is 5.41 Å². The van der Waals surface area contributed by atoms with E-state index in [9.17, 15) is 0 Å². The first-order chi connectivity index (χ1) is 26.9. The molecule has 0 saturated carbocycles. The predicted molar refractivity (Wildman–Crippen MR) is 231 cm³/mol. The van der Waals surface area contributed by atoms with Gasteiger partial charge < -0.3 is 9.80 Å². The lowest BCUT2D eigenvalue weighted by molar-refractivity contribution is 0.588. The second kappa shape index (κ2) is 12.7. The molecule has 2 heteroatoms. The molecule has 2 aliphatic rings. The molecule has 0 aromatic heterocycles.